The first-order valence-corrected chi connectivity index (χ1v) is 6.64. The number of benzene rings is 1. The Labute approximate surface area is 116 Å². The molecule has 20 heavy (non-hydrogen) atoms. The van der Waals surface area contributed by atoms with E-state index >= 15 is 0 Å². The largest absolute Gasteiger partial charge is 0.320 e. The number of halogens is 1. The third-order valence-corrected chi connectivity index (χ3v) is 3.82. The minimum absolute atomic E-state index is 0.0218. The van der Waals surface area contributed by atoms with Crippen LogP contribution in [0.1, 0.15) is 11.1 Å². The number of hydrogen-bond acceptors (Lipinski definition) is 3. The Balaban J connectivity index is 1.75. The van der Waals surface area contributed by atoms with Gasteiger partial charge in [-0.3, -0.25) is 0 Å². The van der Waals surface area contributed by atoms with Gasteiger partial charge in [-0.15, -0.1) is 0 Å². The molecule has 0 saturated carbocycles. The van der Waals surface area contributed by atoms with Gasteiger partial charge in [0.25, 0.3) is 0 Å². The highest BCUT2D eigenvalue weighted by molar-refractivity contribution is 5.77. The molecule has 6 heteroatoms. The van der Waals surface area contributed by atoms with E-state index in [1.807, 2.05) is 11.0 Å². The first kappa shape index (κ1) is 12.9. The number of amides is 2. The van der Waals surface area contributed by atoms with E-state index in [4.69, 9.17) is 5.26 Å². The maximum atomic E-state index is 13.3. The van der Waals surface area contributed by atoms with Gasteiger partial charge in [0.15, 0.2) is 0 Å². The number of nitrogens with one attached hydrogen (secondary N) is 1. The number of fused-ring (bicyclic) bond motifs is 1. The Bertz CT molecular complexity index is 583. The van der Waals surface area contributed by atoms with E-state index in [9.17, 15) is 9.18 Å². The molecule has 1 unspecified atom stereocenters. The number of hydrogen-bond donors (Lipinski definition) is 1. The molecule has 2 aliphatic rings. The minimum atomic E-state index is -0.523. The van der Waals surface area contributed by atoms with Crippen LogP contribution in [0.4, 0.5) is 9.18 Å². The molecule has 2 saturated heterocycles. The molecule has 0 radical (unpaired) electrons. The fourth-order valence-corrected chi connectivity index (χ4v) is 2.80. The topological polar surface area (TPSA) is 59.4 Å². The summed E-state index contributed by atoms with van der Waals surface area (Å²) in [6, 6.07) is 6.48. The third-order valence-electron chi connectivity index (χ3n) is 3.82. The van der Waals surface area contributed by atoms with E-state index in [0.29, 0.717) is 13.1 Å². The fraction of sp³-hybridized carbons (Fsp3) is 0.429. The Hall–Kier alpha value is -2.13. The lowest BCUT2D eigenvalue weighted by molar-refractivity contribution is 0.178. The molecule has 0 aromatic heterocycles. The van der Waals surface area contributed by atoms with Crippen molar-refractivity contribution >= 4 is 6.03 Å². The number of carbonyl (C=O) groups is 1. The van der Waals surface area contributed by atoms with Gasteiger partial charge in [-0.25, -0.2) is 9.18 Å². The van der Waals surface area contributed by atoms with Crippen LogP contribution in [0.25, 0.3) is 0 Å². The standard InChI is InChI=1S/C14H15FN4O/c15-13-2-1-10(5-11(13)6-16)8-18-9-12-7-17-3-4-19(12)14(18)20/h1-2,5,12,17H,3-4,7-9H2. The molecule has 2 heterocycles. The molecule has 0 bridgehead atoms. The van der Waals surface area contributed by atoms with Crippen LogP contribution in [0.5, 0.6) is 0 Å². The van der Waals surface area contributed by atoms with Crippen LogP contribution in [0.3, 0.4) is 0 Å². The van der Waals surface area contributed by atoms with Crippen molar-refractivity contribution in [3.05, 3.63) is 35.1 Å². The van der Waals surface area contributed by atoms with Crippen molar-refractivity contribution in [1.82, 2.24) is 15.1 Å². The molecule has 5 nitrogen and oxygen atoms in total. The highest BCUT2D eigenvalue weighted by Gasteiger charge is 2.38. The zero-order valence-electron chi connectivity index (χ0n) is 11.0. The third kappa shape index (κ3) is 2.21. The van der Waals surface area contributed by atoms with Gasteiger partial charge in [-0.05, 0) is 17.7 Å². The van der Waals surface area contributed by atoms with E-state index < -0.39 is 5.82 Å². The van der Waals surface area contributed by atoms with Crippen molar-refractivity contribution in [2.45, 2.75) is 12.6 Å². The van der Waals surface area contributed by atoms with Crippen LogP contribution in [0, 0.1) is 17.1 Å². The smallest absolute Gasteiger partial charge is 0.318 e. The van der Waals surface area contributed by atoms with E-state index in [1.165, 1.54) is 12.1 Å². The predicted octanol–water partition coefficient (Wildman–Crippen LogP) is 0.907. The van der Waals surface area contributed by atoms with Gasteiger partial charge in [0.05, 0.1) is 11.6 Å². The van der Waals surface area contributed by atoms with Crippen LogP contribution in [0.15, 0.2) is 18.2 Å². The molecule has 1 N–H and O–H groups in total. The van der Waals surface area contributed by atoms with Crippen molar-refractivity contribution in [2.24, 2.45) is 0 Å². The van der Waals surface area contributed by atoms with Crippen molar-refractivity contribution in [2.75, 3.05) is 26.2 Å². The maximum absolute atomic E-state index is 13.3. The number of piperazine rings is 1. The summed E-state index contributed by atoms with van der Waals surface area (Å²) in [5.74, 6) is -0.523. The van der Waals surface area contributed by atoms with Gasteiger partial charge in [0.1, 0.15) is 11.9 Å². The molecule has 3 rings (SSSR count). The number of nitrogens with zero attached hydrogens (tertiary/aromatic N) is 3. The molecular weight excluding hydrogens is 259 g/mol. The van der Waals surface area contributed by atoms with E-state index in [1.54, 1.807) is 11.0 Å². The van der Waals surface area contributed by atoms with E-state index in [-0.39, 0.29) is 17.6 Å². The average Bonchev–Trinajstić information content (AvgIpc) is 2.78. The van der Waals surface area contributed by atoms with Crippen LogP contribution < -0.4 is 5.32 Å². The van der Waals surface area contributed by atoms with Gasteiger partial charge >= 0.3 is 6.03 Å². The Morgan fingerprint density at radius 2 is 2.35 bits per heavy atom. The summed E-state index contributed by atoms with van der Waals surface area (Å²) in [6.45, 7) is 3.46. The van der Waals surface area contributed by atoms with Gasteiger partial charge in [0, 0.05) is 32.7 Å². The normalized spacial score (nSPS) is 21.8. The van der Waals surface area contributed by atoms with Gasteiger partial charge in [-0.1, -0.05) is 6.07 Å². The molecule has 0 aliphatic carbocycles. The number of rotatable bonds is 2. The van der Waals surface area contributed by atoms with Crippen molar-refractivity contribution in [3.8, 4) is 6.07 Å². The molecule has 2 amide bonds. The summed E-state index contributed by atoms with van der Waals surface area (Å²) in [5, 5.41) is 12.1. The summed E-state index contributed by atoms with van der Waals surface area (Å²) in [5.41, 5.74) is 0.803. The van der Waals surface area contributed by atoms with Crippen molar-refractivity contribution in [1.29, 1.82) is 5.26 Å². The summed E-state index contributed by atoms with van der Waals surface area (Å²) >= 11 is 0. The van der Waals surface area contributed by atoms with Crippen molar-refractivity contribution < 1.29 is 9.18 Å². The zero-order chi connectivity index (χ0) is 14.1. The molecule has 1 aromatic carbocycles. The Morgan fingerprint density at radius 1 is 1.50 bits per heavy atom. The number of nitriles is 1. The summed E-state index contributed by atoms with van der Waals surface area (Å²) in [7, 11) is 0. The molecule has 1 atom stereocenters. The summed E-state index contributed by atoms with van der Waals surface area (Å²) in [4.78, 5) is 15.9. The summed E-state index contributed by atoms with van der Waals surface area (Å²) < 4.78 is 13.3. The molecular formula is C14H15FN4O. The van der Waals surface area contributed by atoms with Crippen LogP contribution in [0.2, 0.25) is 0 Å². The lowest BCUT2D eigenvalue weighted by atomic mass is 10.1. The van der Waals surface area contributed by atoms with Gasteiger partial charge < -0.3 is 15.1 Å². The lowest BCUT2D eigenvalue weighted by Crippen LogP contribution is -2.49. The first-order valence-electron chi connectivity index (χ1n) is 6.64. The molecule has 0 spiro atoms. The molecule has 2 fully saturated rings. The lowest BCUT2D eigenvalue weighted by Gasteiger charge is -2.28. The monoisotopic (exact) mass is 274 g/mol. The quantitative estimate of drug-likeness (QED) is 0.872. The second kappa shape index (κ2) is 5.10. The maximum Gasteiger partial charge on any atom is 0.320 e. The molecule has 2 aliphatic heterocycles. The minimum Gasteiger partial charge on any atom is -0.318 e. The first-order chi connectivity index (χ1) is 9.69. The predicted molar refractivity (Wildman–Crippen MR) is 70.3 cm³/mol. The Kier molecular flexibility index (Phi) is 3.28. The Morgan fingerprint density at radius 3 is 3.10 bits per heavy atom. The van der Waals surface area contributed by atoms with E-state index in [2.05, 4.69) is 5.32 Å². The molecule has 104 valence electrons. The van der Waals surface area contributed by atoms with Crippen molar-refractivity contribution in [3.63, 3.8) is 0 Å². The second-order valence-corrected chi connectivity index (χ2v) is 5.14. The number of urea groups is 1. The van der Waals surface area contributed by atoms with E-state index in [0.717, 1.165) is 25.2 Å². The van der Waals surface area contributed by atoms with Gasteiger partial charge in [0.2, 0.25) is 0 Å². The zero-order valence-corrected chi connectivity index (χ0v) is 11.0. The van der Waals surface area contributed by atoms with Crippen LogP contribution in [-0.2, 0) is 6.54 Å². The molecule has 1 aromatic rings. The fourth-order valence-electron chi connectivity index (χ4n) is 2.80. The highest BCUT2D eigenvalue weighted by Crippen LogP contribution is 2.20. The summed E-state index contributed by atoms with van der Waals surface area (Å²) in [6.07, 6.45) is 0. The highest BCUT2D eigenvalue weighted by atomic mass is 19.1. The van der Waals surface area contributed by atoms with Gasteiger partial charge in [-0.2, -0.15) is 5.26 Å². The number of carbonyl (C=O) groups excluding carboxylic acids is 1. The van der Waals surface area contributed by atoms with Crippen LogP contribution in [-0.4, -0.2) is 48.1 Å². The SMILES string of the molecule is N#Cc1cc(CN2CC3CNCCN3C2=O)ccc1F. The average molecular weight is 274 g/mol. The second-order valence-electron chi connectivity index (χ2n) is 5.14. The van der Waals surface area contributed by atoms with Crippen LogP contribution >= 0.6 is 0 Å².